The summed E-state index contributed by atoms with van der Waals surface area (Å²) < 4.78 is 61.8. The second-order valence-corrected chi connectivity index (χ2v) is 14.3. The lowest BCUT2D eigenvalue weighted by Crippen LogP contribution is -2.65. The summed E-state index contributed by atoms with van der Waals surface area (Å²) in [5.74, 6) is -4.24. The van der Waals surface area contributed by atoms with E-state index in [9.17, 15) is 19.2 Å². The van der Waals surface area contributed by atoms with Crippen molar-refractivity contribution in [3.8, 4) is 0 Å². The Morgan fingerprint density at radius 1 is 0.534 bits per heavy atom. The minimum absolute atomic E-state index is 0.154. The first-order valence-electron chi connectivity index (χ1n) is 18.9. The fraction of sp³-hybridized carbons (Fsp3) is 0.364. The zero-order valence-corrected chi connectivity index (χ0v) is 32.2. The summed E-state index contributed by atoms with van der Waals surface area (Å²) in [6.45, 7) is 4.71. The summed E-state index contributed by atoms with van der Waals surface area (Å²) in [5, 5.41) is 0. The number of carbonyl (C=O) groups excluding carboxylic acids is 4. The molecule has 14 nitrogen and oxygen atoms in total. The Morgan fingerprint density at radius 2 is 0.966 bits per heavy atom. The molecule has 304 valence electrons. The first-order chi connectivity index (χ1) is 28.0. The summed E-state index contributed by atoms with van der Waals surface area (Å²) in [7, 11) is 1.48. The predicted octanol–water partition coefficient (Wildman–Crippen LogP) is 5.54. The van der Waals surface area contributed by atoms with Gasteiger partial charge in [0.15, 0.2) is 36.7 Å². The van der Waals surface area contributed by atoms with Gasteiger partial charge in [-0.3, -0.25) is 0 Å². The van der Waals surface area contributed by atoms with Gasteiger partial charge in [0.1, 0.15) is 31.0 Å². The fourth-order valence-electron chi connectivity index (χ4n) is 7.08. The highest BCUT2D eigenvalue weighted by Gasteiger charge is 2.59. The molecule has 14 heteroatoms. The van der Waals surface area contributed by atoms with Gasteiger partial charge in [0, 0.05) is 7.11 Å². The number of hydrogen-bond acceptors (Lipinski definition) is 14. The number of rotatable bonds is 12. The third-order valence-corrected chi connectivity index (χ3v) is 9.83. The van der Waals surface area contributed by atoms with Crippen LogP contribution in [0, 0.1) is 0 Å². The van der Waals surface area contributed by atoms with Crippen LogP contribution in [0.5, 0.6) is 0 Å². The Labute approximate surface area is 335 Å². The standard InChI is InChI=1S/C44H44O14/c1-26-32(35-37(42(49-4)51-26)58-44(2,3)57-35)56-43-36(55-41(48)30-23-15-8-16-24-30)34(54-40(47)29-21-13-7-14-22-29)33(53-39(46)28-19-11-6-12-20-28)31(52-43)25-50-38(45)27-17-9-5-10-18-27/h5-24,26,31-37,42-43H,25H2,1-4H3/t26-,31+,32-,33+,34-,35+,36+,37+,42+,43-/m0/s1. The number of methoxy groups -OCH3 is 1. The lowest BCUT2D eigenvalue weighted by molar-refractivity contribution is -0.342. The van der Waals surface area contributed by atoms with Crippen molar-refractivity contribution < 1.29 is 66.5 Å². The zero-order valence-electron chi connectivity index (χ0n) is 32.2. The van der Waals surface area contributed by atoms with Crippen molar-refractivity contribution in [1.29, 1.82) is 0 Å². The van der Waals surface area contributed by atoms with Crippen molar-refractivity contribution in [2.75, 3.05) is 13.7 Å². The van der Waals surface area contributed by atoms with E-state index in [0.29, 0.717) is 0 Å². The molecular formula is C44H44O14. The normalized spacial score (nSPS) is 28.7. The van der Waals surface area contributed by atoms with E-state index in [1.54, 1.807) is 130 Å². The molecule has 0 unspecified atom stereocenters. The highest BCUT2D eigenvalue weighted by molar-refractivity contribution is 5.91. The van der Waals surface area contributed by atoms with Gasteiger partial charge in [-0.05, 0) is 69.3 Å². The minimum Gasteiger partial charge on any atom is -0.459 e. The Morgan fingerprint density at radius 3 is 1.45 bits per heavy atom. The van der Waals surface area contributed by atoms with Crippen LogP contribution in [0.2, 0.25) is 0 Å². The van der Waals surface area contributed by atoms with E-state index in [-0.39, 0.29) is 22.3 Å². The van der Waals surface area contributed by atoms with Crippen LogP contribution in [-0.2, 0) is 47.4 Å². The van der Waals surface area contributed by atoms with Crippen LogP contribution >= 0.6 is 0 Å². The van der Waals surface area contributed by atoms with Gasteiger partial charge < -0.3 is 47.4 Å². The molecule has 58 heavy (non-hydrogen) atoms. The Kier molecular flexibility index (Phi) is 12.6. The van der Waals surface area contributed by atoms with Crippen molar-refractivity contribution >= 4 is 23.9 Å². The van der Waals surface area contributed by atoms with Gasteiger partial charge in [0.05, 0.1) is 28.4 Å². The van der Waals surface area contributed by atoms with Gasteiger partial charge in [-0.25, -0.2) is 19.2 Å². The van der Waals surface area contributed by atoms with E-state index in [1.807, 2.05) is 0 Å². The van der Waals surface area contributed by atoms with Crippen LogP contribution in [0.4, 0.5) is 0 Å². The largest absolute Gasteiger partial charge is 0.459 e. The van der Waals surface area contributed by atoms with Crippen LogP contribution in [0.15, 0.2) is 121 Å². The Hall–Kier alpha value is -5.48. The third kappa shape index (κ3) is 9.28. The van der Waals surface area contributed by atoms with Crippen LogP contribution in [0.3, 0.4) is 0 Å². The topological polar surface area (TPSA) is 161 Å². The smallest absolute Gasteiger partial charge is 0.338 e. The van der Waals surface area contributed by atoms with Gasteiger partial charge in [-0.1, -0.05) is 72.8 Å². The monoisotopic (exact) mass is 796 g/mol. The Bertz CT molecular complexity index is 2010. The average molecular weight is 797 g/mol. The van der Waals surface area contributed by atoms with E-state index in [2.05, 4.69) is 0 Å². The number of esters is 4. The zero-order chi connectivity index (χ0) is 40.8. The predicted molar refractivity (Wildman–Crippen MR) is 202 cm³/mol. The van der Waals surface area contributed by atoms with Crippen LogP contribution in [0.25, 0.3) is 0 Å². The summed E-state index contributed by atoms with van der Waals surface area (Å²) in [6, 6.07) is 32.6. The molecule has 0 saturated carbocycles. The maximum atomic E-state index is 14.0. The maximum Gasteiger partial charge on any atom is 0.338 e. The molecule has 7 rings (SSSR count). The van der Waals surface area contributed by atoms with Gasteiger partial charge in [0.25, 0.3) is 0 Å². The number of hydrogen-bond donors (Lipinski definition) is 0. The molecule has 3 aliphatic heterocycles. The number of ether oxygens (including phenoxy) is 10. The van der Waals surface area contributed by atoms with Crippen LogP contribution in [-0.4, -0.2) is 105 Å². The van der Waals surface area contributed by atoms with E-state index >= 15 is 0 Å². The number of fused-ring (bicyclic) bond motifs is 1. The quantitative estimate of drug-likeness (QED) is 0.130. The molecule has 3 heterocycles. The molecule has 0 bridgehead atoms. The maximum absolute atomic E-state index is 14.0. The second-order valence-electron chi connectivity index (χ2n) is 14.3. The van der Waals surface area contributed by atoms with Crippen LogP contribution < -0.4 is 0 Å². The highest BCUT2D eigenvalue weighted by atomic mass is 16.8. The molecule has 4 aromatic rings. The average Bonchev–Trinajstić information content (AvgIpc) is 3.58. The third-order valence-electron chi connectivity index (χ3n) is 9.83. The lowest BCUT2D eigenvalue weighted by atomic mass is 9.96. The molecule has 0 aromatic heterocycles. The molecule has 10 atom stereocenters. The first kappa shape index (κ1) is 40.7. The summed E-state index contributed by atoms with van der Waals surface area (Å²) in [5.41, 5.74) is 0.734. The first-order valence-corrected chi connectivity index (χ1v) is 18.9. The van der Waals surface area contributed by atoms with Crippen molar-refractivity contribution in [1.82, 2.24) is 0 Å². The van der Waals surface area contributed by atoms with Crippen LogP contribution in [0.1, 0.15) is 62.2 Å². The molecule has 4 aromatic carbocycles. The van der Waals surface area contributed by atoms with Crippen molar-refractivity contribution in [2.24, 2.45) is 0 Å². The highest BCUT2D eigenvalue weighted by Crippen LogP contribution is 2.41. The van der Waals surface area contributed by atoms with E-state index in [4.69, 9.17) is 47.4 Å². The molecule has 3 saturated heterocycles. The SMILES string of the molecule is CO[C@@H]1O[C@@H](C)[C@H](O[C@@H]2O[C@H](COC(=O)c3ccccc3)[C@@H](OC(=O)c3ccccc3)[C@H](OC(=O)c3ccccc3)[C@H]2OC(=O)c2ccccc2)[C@H]2OC(C)(C)O[C@@H]12. The molecule has 3 aliphatic rings. The molecule has 0 spiro atoms. The Balaban J connectivity index is 1.30. The van der Waals surface area contributed by atoms with Gasteiger partial charge in [-0.2, -0.15) is 0 Å². The van der Waals surface area contributed by atoms with E-state index in [1.165, 1.54) is 19.2 Å². The number of carbonyl (C=O) groups is 4. The fourth-order valence-corrected chi connectivity index (χ4v) is 7.08. The molecular weight excluding hydrogens is 752 g/mol. The van der Waals surface area contributed by atoms with Crippen molar-refractivity contribution in [2.45, 2.75) is 88.0 Å². The van der Waals surface area contributed by atoms with E-state index < -0.39 is 97.7 Å². The summed E-state index contributed by atoms with van der Waals surface area (Å²) in [4.78, 5) is 55.0. The van der Waals surface area contributed by atoms with Gasteiger partial charge >= 0.3 is 23.9 Å². The second kappa shape index (κ2) is 18.0. The minimum atomic E-state index is -1.60. The van der Waals surface area contributed by atoms with Gasteiger partial charge in [0.2, 0.25) is 0 Å². The van der Waals surface area contributed by atoms with Crippen molar-refractivity contribution in [3.63, 3.8) is 0 Å². The lowest BCUT2D eigenvalue weighted by Gasteiger charge is -2.47. The van der Waals surface area contributed by atoms with Crippen molar-refractivity contribution in [3.05, 3.63) is 144 Å². The summed E-state index contributed by atoms with van der Waals surface area (Å²) >= 11 is 0. The molecule has 0 N–H and O–H groups in total. The molecule has 0 amide bonds. The summed E-state index contributed by atoms with van der Waals surface area (Å²) in [6.07, 6.45) is -11.7. The van der Waals surface area contributed by atoms with Gasteiger partial charge in [-0.15, -0.1) is 0 Å². The van der Waals surface area contributed by atoms with E-state index in [0.717, 1.165) is 0 Å². The molecule has 0 aliphatic carbocycles. The number of benzene rings is 4. The molecule has 3 fully saturated rings. The molecule has 0 radical (unpaired) electrons.